The molecule has 0 saturated carbocycles. The number of hydrogen-bond donors (Lipinski definition) is 2. The fourth-order valence-electron chi connectivity index (χ4n) is 4.98. The number of halogens is 3. The molecule has 1 amide bonds. The molecule has 4 rings (SSSR count). The van der Waals surface area contributed by atoms with E-state index in [4.69, 9.17) is 4.98 Å². The number of carbonyl (C=O) groups excluding carboxylic acids is 1. The molecule has 0 aliphatic carbocycles. The highest BCUT2D eigenvalue weighted by Gasteiger charge is 2.42. The lowest BCUT2D eigenvalue weighted by molar-refractivity contribution is -0.145. The van der Waals surface area contributed by atoms with Crippen LogP contribution in [0.15, 0.2) is 48.5 Å². The second-order valence-corrected chi connectivity index (χ2v) is 12.1. The molecule has 2 N–H and O–H groups in total. The minimum absolute atomic E-state index is 0.0421. The molecule has 1 aromatic heterocycles. The number of aromatic nitrogens is 1. The van der Waals surface area contributed by atoms with Crippen LogP contribution in [-0.4, -0.2) is 52.8 Å². The van der Waals surface area contributed by atoms with Gasteiger partial charge in [0.15, 0.2) is 0 Å². The van der Waals surface area contributed by atoms with Crippen LogP contribution < -0.4 is 5.32 Å². The maximum Gasteiger partial charge on any atom is 0.251 e. The minimum atomic E-state index is -1.30. The van der Waals surface area contributed by atoms with E-state index in [0.717, 1.165) is 28.6 Å². The van der Waals surface area contributed by atoms with Crippen LogP contribution in [-0.2, 0) is 11.2 Å². The molecule has 1 saturated heterocycles. The molecule has 3 aromatic rings. The standard InChI is InChI=1S/C29H34F3N3O2S/c1-17(36)28(37)35(16-19-14-33-15-23(19)32)26(29(2,3)4)25-24(12-18-8-6-5-7-9-18)38-27(34-25)21-13-20(30)10-11-22(21)31/h5-11,13,17,19,23,26,33,36H,12,14-16H2,1-4H3/t17-,19?,23-,26-/m0/s1. The lowest BCUT2D eigenvalue weighted by Gasteiger charge is -2.41. The number of rotatable bonds is 8. The Kier molecular flexibility index (Phi) is 8.59. The van der Waals surface area contributed by atoms with Crippen molar-refractivity contribution in [1.29, 1.82) is 0 Å². The molecule has 38 heavy (non-hydrogen) atoms. The monoisotopic (exact) mass is 545 g/mol. The Labute approximate surface area is 225 Å². The SMILES string of the molecule is C[C@H](O)C(=O)N(CC1CNC[C@@H]1F)[C@@H](c1nc(-c2cc(F)ccc2F)sc1Cc1ccccc1)C(C)(C)C. The lowest BCUT2D eigenvalue weighted by atomic mass is 9.81. The van der Waals surface area contributed by atoms with Crippen LogP contribution in [0.3, 0.4) is 0 Å². The Bertz CT molecular complexity index is 1260. The lowest BCUT2D eigenvalue weighted by Crippen LogP contribution is -2.48. The van der Waals surface area contributed by atoms with Gasteiger partial charge in [-0.15, -0.1) is 11.3 Å². The molecule has 204 valence electrons. The van der Waals surface area contributed by atoms with Gasteiger partial charge in [-0.3, -0.25) is 4.79 Å². The molecule has 0 spiro atoms. The Balaban J connectivity index is 1.88. The molecule has 0 bridgehead atoms. The molecule has 4 atom stereocenters. The normalized spacial score (nSPS) is 19.4. The second kappa shape index (κ2) is 11.6. The van der Waals surface area contributed by atoms with Crippen molar-refractivity contribution in [2.45, 2.75) is 52.4 Å². The number of nitrogens with one attached hydrogen (secondary N) is 1. The van der Waals surface area contributed by atoms with E-state index in [2.05, 4.69) is 5.32 Å². The summed E-state index contributed by atoms with van der Waals surface area (Å²) in [6.07, 6.45) is -1.97. The van der Waals surface area contributed by atoms with Crippen LogP contribution in [0.5, 0.6) is 0 Å². The number of aliphatic hydroxyl groups excluding tert-OH is 1. The van der Waals surface area contributed by atoms with Crippen LogP contribution in [0.2, 0.25) is 0 Å². The summed E-state index contributed by atoms with van der Waals surface area (Å²) in [6, 6.07) is 12.3. The second-order valence-electron chi connectivity index (χ2n) is 11.0. The Morgan fingerprint density at radius 1 is 1.18 bits per heavy atom. The number of amides is 1. The maximum absolute atomic E-state index is 14.8. The van der Waals surface area contributed by atoms with Gasteiger partial charge in [0.2, 0.25) is 0 Å². The fourth-order valence-corrected chi connectivity index (χ4v) is 6.13. The first-order chi connectivity index (χ1) is 18.0. The third kappa shape index (κ3) is 6.27. The minimum Gasteiger partial charge on any atom is -0.384 e. The number of hydrogen-bond acceptors (Lipinski definition) is 5. The van der Waals surface area contributed by atoms with E-state index in [-0.39, 0.29) is 18.7 Å². The van der Waals surface area contributed by atoms with Crippen LogP contribution in [0, 0.1) is 23.0 Å². The molecule has 1 fully saturated rings. The van der Waals surface area contributed by atoms with Crippen LogP contribution >= 0.6 is 11.3 Å². The largest absolute Gasteiger partial charge is 0.384 e. The number of aliphatic hydroxyl groups is 1. The third-order valence-corrected chi connectivity index (χ3v) is 7.92. The summed E-state index contributed by atoms with van der Waals surface area (Å²) in [5, 5.41) is 13.7. The van der Waals surface area contributed by atoms with Crippen molar-refractivity contribution in [1.82, 2.24) is 15.2 Å². The van der Waals surface area contributed by atoms with E-state index >= 15 is 0 Å². The highest BCUT2D eigenvalue weighted by Crippen LogP contribution is 2.44. The van der Waals surface area contributed by atoms with Crippen LogP contribution in [0.1, 0.15) is 49.9 Å². The van der Waals surface area contributed by atoms with Crippen molar-refractivity contribution in [3.05, 3.63) is 76.3 Å². The molecule has 9 heteroatoms. The topological polar surface area (TPSA) is 65.5 Å². The zero-order chi connectivity index (χ0) is 27.6. The zero-order valence-electron chi connectivity index (χ0n) is 22.0. The molecule has 5 nitrogen and oxygen atoms in total. The van der Waals surface area contributed by atoms with E-state index in [0.29, 0.717) is 23.7 Å². The van der Waals surface area contributed by atoms with Gasteiger partial charge in [-0.05, 0) is 36.1 Å². The summed E-state index contributed by atoms with van der Waals surface area (Å²) in [5.74, 6) is -2.15. The van der Waals surface area contributed by atoms with Crippen molar-refractivity contribution in [3.63, 3.8) is 0 Å². The molecule has 2 aromatic carbocycles. The molecular formula is C29H34F3N3O2S. The predicted molar refractivity (Wildman–Crippen MR) is 144 cm³/mol. The molecule has 2 heterocycles. The first kappa shape index (κ1) is 28.3. The summed E-state index contributed by atoms with van der Waals surface area (Å²) in [5.41, 5.74) is 0.994. The van der Waals surface area contributed by atoms with E-state index < -0.39 is 47.2 Å². The van der Waals surface area contributed by atoms with Gasteiger partial charge >= 0.3 is 0 Å². The highest BCUT2D eigenvalue weighted by molar-refractivity contribution is 7.15. The van der Waals surface area contributed by atoms with Crippen LogP contribution in [0.4, 0.5) is 13.2 Å². The Morgan fingerprint density at radius 2 is 1.89 bits per heavy atom. The smallest absolute Gasteiger partial charge is 0.251 e. The summed E-state index contributed by atoms with van der Waals surface area (Å²) in [4.78, 5) is 20.6. The predicted octanol–water partition coefficient (Wildman–Crippen LogP) is 5.53. The van der Waals surface area contributed by atoms with Gasteiger partial charge in [0.1, 0.15) is 28.9 Å². The highest BCUT2D eigenvalue weighted by atomic mass is 32.1. The van der Waals surface area contributed by atoms with Crippen molar-refractivity contribution in [3.8, 4) is 10.6 Å². The number of benzene rings is 2. The molecule has 0 radical (unpaired) electrons. The van der Waals surface area contributed by atoms with Crippen LogP contribution in [0.25, 0.3) is 10.6 Å². The van der Waals surface area contributed by atoms with Crippen molar-refractivity contribution in [2.75, 3.05) is 19.6 Å². The summed E-state index contributed by atoms with van der Waals surface area (Å²) < 4.78 is 43.6. The summed E-state index contributed by atoms with van der Waals surface area (Å²) >= 11 is 1.25. The van der Waals surface area contributed by atoms with Gasteiger partial charge in [0.25, 0.3) is 5.91 Å². The van der Waals surface area contributed by atoms with Crippen molar-refractivity contribution >= 4 is 17.2 Å². The molecular weight excluding hydrogens is 511 g/mol. The maximum atomic E-state index is 14.8. The quantitative estimate of drug-likeness (QED) is 0.391. The fraction of sp³-hybridized carbons (Fsp3) is 0.448. The Morgan fingerprint density at radius 3 is 2.50 bits per heavy atom. The molecule has 1 aliphatic heterocycles. The zero-order valence-corrected chi connectivity index (χ0v) is 22.9. The van der Waals surface area contributed by atoms with Gasteiger partial charge in [-0.25, -0.2) is 18.2 Å². The molecule has 1 unspecified atom stereocenters. The number of alkyl halides is 1. The number of carbonyl (C=O) groups is 1. The first-order valence-electron chi connectivity index (χ1n) is 12.8. The van der Waals surface area contributed by atoms with E-state index in [1.807, 2.05) is 51.1 Å². The number of nitrogens with zero attached hydrogens (tertiary/aromatic N) is 2. The van der Waals surface area contributed by atoms with Gasteiger partial charge in [-0.1, -0.05) is 51.1 Å². The third-order valence-electron chi connectivity index (χ3n) is 6.81. The number of thiazole rings is 1. The van der Waals surface area contributed by atoms with E-state index in [1.165, 1.54) is 23.2 Å². The van der Waals surface area contributed by atoms with Gasteiger partial charge in [0, 0.05) is 42.4 Å². The molecule has 1 aliphatic rings. The Hall–Kier alpha value is -2.75. The van der Waals surface area contributed by atoms with Gasteiger partial charge < -0.3 is 15.3 Å². The average Bonchev–Trinajstić information content (AvgIpc) is 3.45. The van der Waals surface area contributed by atoms with Gasteiger partial charge in [0.05, 0.1) is 11.7 Å². The first-order valence-corrected chi connectivity index (χ1v) is 13.6. The van der Waals surface area contributed by atoms with Crippen molar-refractivity contribution < 1.29 is 23.1 Å². The van der Waals surface area contributed by atoms with E-state index in [9.17, 15) is 23.1 Å². The summed E-state index contributed by atoms with van der Waals surface area (Å²) in [6.45, 7) is 7.96. The van der Waals surface area contributed by atoms with Gasteiger partial charge in [-0.2, -0.15) is 0 Å². The van der Waals surface area contributed by atoms with E-state index in [1.54, 1.807) is 0 Å². The summed E-state index contributed by atoms with van der Waals surface area (Å²) in [7, 11) is 0. The van der Waals surface area contributed by atoms with Crippen molar-refractivity contribution in [2.24, 2.45) is 11.3 Å². The average molecular weight is 546 g/mol.